The monoisotopic (exact) mass is 305 g/mol. The molecule has 16 heavy (non-hydrogen) atoms. The summed E-state index contributed by atoms with van der Waals surface area (Å²) < 4.78 is 0.756. The van der Waals surface area contributed by atoms with Gasteiger partial charge in [0.15, 0.2) is 5.13 Å². The molecule has 0 unspecified atom stereocenters. The second kappa shape index (κ2) is 4.68. The van der Waals surface area contributed by atoms with E-state index in [1.165, 1.54) is 11.3 Å². The zero-order valence-electron chi connectivity index (χ0n) is 8.66. The molecule has 0 bridgehead atoms. The second-order valence-electron chi connectivity index (χ2n) is 3.79. The number of urea groups is 1. The number of anilines is 1. The van der Waals surface area contributed by atoms with Gasteiger partial charge in [0.25, 0.3) is 0 Å². The lowest BCUT2D eigenvalue weighted by molar-refractivity contribution is 0.0671. The van der Waals surface area contributed by atoms with Crippen LogP contribution in [0.5, 0.6) is 0 Å². The predicted octanol–water partition coefficient (Wildman–Crippen LogP) is 1.86. The Bertz CT molecular complexity index is 384. The van der Waals surface area contributed by atoms with E-state index in [4.69, 9.17) is 5.11 Å². The fourth-order valence-electron chi connectivity index (χ4n) is 1.46. The number of amides is 2. The Labute approximate surface area is 105 Å². The first-order chi connectivity index (χ1) is 7.54. The first kappa shape index (κ1) is 11.8. The van der Waals surface area contributed by atoms with Crippen LogP contribution in [0, 0.1) is 6.92 Å². The molecule has 1 heterocycles. The number of nitrogens with zero attached hydrogens (tertiary/aromatic N) is 1. The molecule has 1 aliphatic rings. The molecule has 2 amide bonds. The summed E-state index contributed by atoms with van der Waals surface area (Å²) in [4.78, 5) is 16.6. The van der Waals surface area contributed by atoms with E-state index in [1.807, 2.05) is 6.92 Å². The maximum absolute atomic E-state index is 11.5. The van der Waals surface area contributed by atoms with Gasteiger partial charge in [0.05, 0.1) is 6.10 Å². The van der Waals surface area contributed by atoms with Crippen LogP contribution < -0.4 is 10.6 Å². The molecule has 7 heteroatoms. The van der Waals surface area contributed by atoms with Crippen LogP contribution >= 0.6 is 27.3 Å². The summed E-state index contributed by atoms with van der Waals surface area (Å²) in [6.07, 6.45) is 1.00. The van der Waals surface area contributed by atoms with Crippen molar-refractivity contribution in [2.45, 2.75) is 31.9 Å². The minimum Gasteiger partial charge on any atom is -0.393 e. The van der Waals surface area contributed by atoms with Crippen molar-refractivity contribution in [1.82, 2.24) is 10.3 Å². The fourth-order valence-corrected chi connectivity index (χ4v) is 2.69. The number of thiazole rings is 1. The molecule has 3 N–H and O–H groups in total. The van der Waals surface area contributed by atoms with Gasteiger partial charge >= 0.3 is 6.03 Å². The van der Waals surface area contributed by atoms with Crippen LogP contribution in [0.4, 0.5) is 9.93 Å². The summed E-state index contributed by atoms with van der Waals surface area (Å²) in [5, 5.41) is 15.1. The van der Waals surface area contributed by atoms with Crippen LogP contribution in [0.25, 0.3) is 0 Å². The van der Waals surface area contributed by atoms with Crippen LogP contribution in [0.2, 0.25) is 0 Å². The molecule has 1 aromatic heterocycles. The number of aromatic nitrogens is 1. The Balaban J connectivity index is 1.83. The van der Waals surface area contributed by atoms with Gasteiger partial charge in [0.2, 0.25) is 0 Å². The quantitative estimate of drug-likeness (QED) is 0.781. The number of aliphatic hydroxyl groups is 1. The number of aliphatic hydroxyl groups excluding tert-OH is 1. The first-order valence-corrected chi connectivity index (χ1v) is 6.54. The third-order valence-corrected chi connectivity index (χ3v) is 4.33. The van der Waals surface area contributed by atoms with Crippen LogP contribution in [0.3, 0.4) is 0 Å². The smallest absolute Gasteiger partial charge is 0.321 e. The van der Waals surface area contributed by atoms with E-state index in [2.05, 4.69) is 31.5 Å². The van der Waals surface area contributed by atoms with Gasteiger partial charge < -0.3 is 10.4 Å². The lowest BCUT2D eigenvalue weighted by atomic mass is 9.90. The van der Waals surface area contributed by atoms with Gasteiger partial charge in [-0.05, 0) is 35.7 Å². The molecule has 1 fully saturated rings. The van der Waals surface area contributed by atoms with Crippen molar-refractivity contribution >= 4 is 38.4 Å². The number of carbonyl (C=O) groups is 1. The number of nitrogens with one attached hydrogen (secondary N) is 2. The van der Waals surface area contributed by atoms with Crippen molar-refractivity contribution in [3.8, 4) is 0 Å². The number of hydrogen-bond donors (Lipinski definition) is 3. The number of hydrogen-bond acceptors (Lipinski definition) is 4. The zero-order valence-corrected chi connectivity index (χ0v) is 11.1. The number of carbonyl (C=O) groups excluding carboxylic acids is 1. The molecule has 88 valence electrons. The molecule has 0 radical (unpaired) electrons. The summed E-state index contributed by atoms with van der Waals surface area (Å²) in [5.41, 5.74) is 0. The summed E-state index contributed by atoms with van der Waals surface area (Å²) >= 11 is 4.70. The molecule has 0 saturated heterocycles. The number of halogens is 1. The Kier molecular flexibility index (Phi) is 3.46. The van der Waals surface area contributed by atoms with Gasteiger partial charge in [-0.3, -0.25) is 5.32 Å². The van der Waals surface area contributed by atoms with E-state index in [-0.39, 0.29) is 18.2 Å². The highest BCUT2D eigenvalue weighted by atomic mass is 79.9. The van der Waals surface area contributed by atoms with Crippen molar-refractivity contribution in [1.29, 1.82) is 0 Å². The first-order valence-electron chi connectivity index (χ1n) is 4.93. The minimum absolute atomic E-state index is 0.0829. The third-order valence-electron chi connectivity index (χ3n) is 2.41. The molecule has 0 aliphatic heterocycles. The Hall–Kier alpha value is -0.660. The highest BCUT2D eigenvalue weighted by Gasteiger charge is 2.28. The topological polar surface area (TPSA) is 74.2 Å². The highest BCUT2D eigenvalue weighted by molar-refractivity contribution is 9.10. The second-order valence-corrected chi connectivity index (χ2v) is 5.74. The Morgan fingerprint density at radius 2 is 2.31 bits per heavy atom. The Morgan fingerprint density at radius 1 is 1.62 bits per heavy atom. The Morgan fingerprint density at radius 3 is 2.81 bits per heavy atom. The van der Waals surface area contributed by atoms with E-state index in [1.54, 1.807) is 0 Å². The predicted molar refractivity (Wildman–Crippen MR) is 65.7 cm³/mol. The van der Waals surface area contributed by atoms with Crippen molar-refractivity contribution in [3.63, 3.8) is 0 Å². The molecular formula is C9H12BrN3O2S. The van der Waals surface area contributed by atoms with Gasteiger partial charge in [-0.1, -0.05) is 0 Å². The van der Waals surface area contributed by atoms with Crippen molar-refractivity contribution in [3.05, 3.63) is 9.48 Å². The van der Waals surface area contributed by atoms with Gasteiger partial charge in [0.1, 0.15) is 4.60 Å². The zero-order chi connectivity index (χ0) is 11.7. The molecule has 5 nitrogen and oxygen atoms in total. The standard InChI is InChI=1S/C9H12BrN3O2S/c1-4-7(10)12-9(16-4)13-8(15)11-5-2-6(14)3-5/h5-6,14H,2-3H2,1H3,(H2,11,12,13,15). The van der Waals surface area contributed by atoms with E-state index in [9.17, 15) is 4.79 Å². The van der Waals surface area contributed by atoms with Gasteiger partial charge in [-0.25, -0.2) is 9.78 Å². The van der Waals surface area contributed by atoms with E-state index in [0.717, 1.165) is 9.48 Å². The minimum atomic E-state index is -0.266. The van der Waals surface area contributed by atoms with Gasteiger partial charge in [0, 0.05) is 10.9 Å². The largest absolute Gasteiger partial charge is 0.393 e. The molecule has 1 aliphatic carbocycles. The van der Waals surface area contributed by atoms with Crippen LogP contribution in [0.1, 0.15) is 17.7 Å². The molecular weight excluding hydrogens is 294 g/mol. The SMILES string of the molecule is Cc1sc(NC(=O)NC2CC(O)C2)nc1Br. The summed E-state index contributed by atoms with van der Waals surface area (Å²) in [7, 11) is 0. The van der Waals surface area contributed by atoms with Gasteiger partial charge in [-0.15, -0.1) is 11.3 Å². The molecule has 0 atom stereocenters. The number of rotatable bonds is 2. The maximum atomic E-state index is 11.5. The maximum Gasteiger partial charge on any atom is 0.321 e. The van der Waals surface area contributed by atoms with Crippen LogP contribution in [0.15, 0.2) is 4.60 Å². The van der Waals surface area contributed by atoms with E-state index < -0.39 is 0 Å². The average Bonchev–Trinajstić information content (AvgIpc) is 2.43. The lowest BCUT2D eigenvalue weighted by Crippen LogP contribution is -2.48. The van der Waals surface area contributed by atoms with Crippen molar-refractivity contribution < 1.29 is 9.90 Å². The summed E-state index contributed by atoms with van der Waals surface area (Å²) in [5.74, 6) is 0. The number of aryl methyl sites for hydroxylation is 1. The van der Waals surface area contributed by atoms with Gasteiger partial charge in [-0.2, -0.15) is 0 Å². The lowest BCUT2D eigenvalue weighted by Gasteiger charge is -2.31. The molecule has 2 rings (SSSR count). The van der Waals surface area contributed by atoms with E-state index in [0.29, 0.717) is 18.0 Å². The summed E-state index contributed by atoms with van der Waals surface area (Å²) in [6, 6.07) is -0.183. The van der Waals surface area contributed by atoms with Crippen LogP contribution in [-0.4, -0.2) is 28.3 Å². The fraction of sp³-hybridized carbons (Fsp3) is 0.556. The molecule has 1 aromatic rings. The molecule has 1 saturated carbocycles. The molecule has 0 spiro atoms. The third kappa shape index (κ3) is 2.72. The summed E-state index contributed by atoms with van der Waals surface area (Å²) in [6.45, 7) is 1.92. The highest BCUT2D eigenvalue weighted by Crippen LogP contribution is 2.26. The van der Waals surface area contributed by atoms with E-state index >= 15 is 0 Å². The average molecular weight is 306 g/mol. The van der Waals surface area contributed by atoms with Crippen molar-refractivity contribution in [2.24, 2.45) is 0 Å². The van der Waals surface area contributed by atoms with Crippen LogP contribution in [-0.2, 0) is 0 Å². The normalized spacial score (nSPS) is 23.7. The van der Waals surface area contributed by atoms with Crippen molar-refractivity contribution in [2.75, 3.05) is 5.32 Å². The molecule has 0 aromatic carbocycles.